The molecule has 1 saturated heterocycles. The van der Waals surface area contributed by atoms with Crippen molar-refractivity contribution in [1.82, 2.24) is 0 Å². The molecule has 1 atom stereocenters. The summed E-state index contributed by atoms with van der Waals surface area (Å²) < 4.78 is 0. The quantitative estimate of drug-likeness (QED) is 0.856. The van der Waals surface area contributed by atoms with Crippen LogP contribution in [0.5, 0.6) is 0 Å². The molecule has 3 rings (SSSR count). The first kappa shape index (κ1) is 16.2. The van der Waals surface area contributed by atoms with Crippen LogP contribution in [0.3, 0.4) is 0 Å². The Balaban J connectivity index is 1.75. The number of rotatable bonds is 5. The third-order valence-corrected chi connectivity index (χ3v) is 4.45. The summed E-state index contributed by atoms with van der Waals surface area (Å²) in [5.74, 6) is -0.351. The summed E-state index contributed by atoms with van der Waals surface area (Å²) in [6, 6.07) is 15.1. The van der Waals surface area contributed by atoms with Crippen molar-refractivity contribution in [3.05, 3.63) is 59.7 Å². The van der Waals surface area contributed by atoms with Crippen LogP contribution in [0.25, 0.3) is 0 Å². The molecule has 1 aliphatic heterocycles. The number of nitrogens with zero attached hydrogens (tertiary/aromatic N) is 1. The van der Waals surface area contributed by atoms with Gasteiger partial charge in [-0.05, 0) is 48.2 Å². The lowest BCUT2D eigenvalue weighted by atomic mass is 10.1. The molecule has 2 amide bonds. The molecule has 0 radical (unpaired) electrons. The van der Waals surface area contributed by atoms with Gasteiger partial charge in [0.1, 0.15) is 6.04 Å². The van der Waals surface area contributed by atoms with Crippen molar-refractivity contribution >= 4 is 23.2 Å². The van der Waals surface area contributed by atoms with Crippen molar-refractivity contribution in [3.8, 4) is 0 Å². The van der Waals surface area contributed by atoms with Gasteiger partial charge < -0.3 is 5.32 Å². The molecule has 4 heteroatoms. The van der Waals surface area contributed by atoms with E-state index in [9.17, 15) is 9.59 Å². The largest absolute Gasteiger partial charge is 0.373 e. The van der Waals surface area contributed by atoms with E-state index in [2.05, 4.69) is 19.2 Å². The van der Waals surface area contributed by atoms with Gasteiger partial charge >= 0.3 is 0 Å². The van der Waals surface area contributed by atoms with Crippen LogP contribution < -0.4 is 10.2 Å². The third-order valence-electron chi connectivity index (χ3n) is 4.45. The van der Waals surface area contributed by atoms with Crippen LogP contribution >= 0.6 is 0 Å². The van der Waals surface area contributed by atoms with Crippen LogP contribution in [0.2, 0.25) is 0 Å². The predicted octanol–water partition coefficient (Wildman–Crippen LogP) is 3.56. The summed E-state index contributed by atoms with van der Waals surface area (Å²) in [7, 11) is 0. The monoisotopic (exact) mass is 322 g/mol. The molecule has 1 heterocycles. The van der Waals surface area contributed by atoms with Gasteiger partial charge in [-0.15, -0.1) is 0 Å². The molecule has 0 spiro atoms. The van der Waals surface area contributed by atoms with Crippen LogP contribution in [-0.4, -0.2) is 17.9 Å². The summed E-state index contributed by atoms with van der Waals surface area (Å²) >= 11 is 0. The molecule has 2 aromatic rings. The minimum Gasteiger partial charge on any atom is -0.373 e. The van der Waals surface area contributed by atoms with E-state index < -0.39 is 6.04 Å². The lowest BCUT2D eigenvalue weighted by Crippen LogP contribution is -2.34. The fourth-order valence-corrected chi connectivity index (χ4v) is 2.93. The zero-order valence-corrected chi connectivity index (χ0v) is 14.1. The molecule has 124 valence electrons. The Bertz CT molecular complexity index is 735. The van der Waals surface area contributed by atoms with Gasteiger partial charge in [0.05, 0.1) is 12.1 Å². The highest BCUT2D eigenvalue weighted by molar-refractivity contribution is 6.23. The number of nitrogens with one attached hydrogen (secondary N) is 1. The van der Waals surface area contributed by atoms with E-state index in [1.54, 1.807) is 0 Å². The fraction of sp³-hybridized carbons (Fsp3) is 0.300. The Morgan fingerprint density at radius 2 is 1.46 bits per heavy atom. The molecule has 0 bridgehead atoms. The van der Waals surface area contributed by atoms with Gasteiger partial charge in [-0.1, -0.05) is 38.1 Å². The van der Waals surface area contributed by atoms with Gasteiger partial charge in [-0.3, -0.25) is 9.59 Å². The highest BCUT2D eigenvalue weighted by Crippen LogP contribution is 2.25. The minimum absolute atomic E-state index is 0.160. The maximum absolute atomic E-state index is 12.6. The maximum atomic E-state index is 12.6. The fourth-order valence-electron chi connectivity index (χ4n) is 2.93. The lowest BCUT2D eigenvalue weighted by Gasteiger charge is -2.16. The Kier molecular flexibility index (Phi) is 4.65. The minimum atomic E-state index is -0.504. The lowest BCUT2D eigenvalue weighted by molar-refractivity contribution is -0.121. The molecule has 0 aliphatic carbocycles. The molecule has 1 N–H and O–H groups in total. The zero-order chi connectivity index (χ0) is 17.1. The second kappa shape index (κ2) is 6.87. The molecule has 2 aromatic carbocycles. The van der Waals surface area contributed by atoms with Gasteiger partial charge in [0.15, 0.2) is 0 Å². The number of carbonyl (C=O) groups excluding carboxylic acids is 2. The Labute approximate surface area is 142 Å². The van der Waals surface area contributed by atoms with Crippen molar-refractivity contribution < 1.29 is 9.59 Å². The van der Waals surface area contributed by atoms with Crippen molar-refractivity contribution in [2.45, 2.75) is 39.2 Å². The maximum Gasteiger partial charge on any atom is 0.256 e. The number of hydrogen-bond acceptors (Lipinski definition) is 3. The summed E-state index contributed by atoms with van der Waals surface area (Å²) in [6.07, 6.45) is 2.09. The number of amides is 2. The second-order valence-corrected chi connectivity index (χ2v) is 6.04. The SMILES string of the molecule is CCc1ccc(NC2CC(=O)N(c3ccc(CC)cc3)C2=O)cc1. The highest BCUT2D eigenvalue weighted by atomic mass is 16.2. The van der Waals surface area contributed by atoms with E-state index in [4.69, 9.17) is 0 Å². The third kappa shape index (κ3) is 3.18. The predicted molar refractivity (Wildman–Crippen MR) is 96.2 cm³/mol. The van der Waals surface area contributed by atoms with Gasteiger partial charge in [-0.25, -0.2) is 4.90 Å². The van der Waals surface area contributed by atoms with E-state index in [0.29, 0.717) is 5.69 Å². The standard InChI is InChI=1S/C20H22N2O2/c1-3-14-5-9-16(10-6-14)21-18-13-19(23)22(20(18)24)17-11-7-15(4-2)8-12-17/h5-12,18,21H,3-4,13H2,1-2H3. The Morgan fingerprint density at radius 1 is 0.917 bits per heavy atom. The summed E-state index contributed by atoms with van der Waals surface area (Å²) in [5, 5.41) is 3.18. The van der Waals surface area contributed by atoms with Gasteiger partial charge in [0.2, 0.25) is 5.91 Å². The van der Waals surface area contributed by atoms with E-state index in [1.807, 2.05) is 48.5 Å². The van der Waals surface area contributed by atoms with Crippen molar-refractivity contribution in [3.63, 3.8) is 0 Å². The number of hydrogen-bond donors (Lipinski definition) is 1. The number of benzene rings is 2. The molecular weight excluding hydrogens is 300 g/mol. The van der Waals surface area contributed by atoms with Crippen LogP contribution in [-0.2, 0) is 22.4 Å². The number of carbonyl (C=O) groups is 2. The van der Waals surface area contributed by atoms with Gasteiger partial charge in [0, 0.05) is 5.69 Å². The molecule has 4 nitrogen and oxygen atoms in total. The number of anilines is 2. The normalized spacial score (nSPS) is 17.4. The first-order valence-electron chi connectivity index (χ1n) is 8.43. The summed E-state index contributed by atoms with van der Waals surface area (Å²) in [5.41, 5.74) is 3.94. The molecular formula is C20H22N2O2. The van der Waals surface area contributed by atoms with E-state index >= 15 is 0 Å². The first-order chi connectivity index (χ1) is 11.6. The van der Waals surface area contributed by atoms with E-state index in [1.165, 1.54) is 16.0 Å². The van der Waals surface area contributed by atoms with Crippen molar-refractivity contribution in [2.75, 3.05) is 10.2 Å². The number of imide groups is 1. The van der Waals surface area contributed by atoms with Gasteiger partial charge in [-0.2, -0.15) is 0 Å². The molecule has 1 aliphatic rings. The Hall–Kier alpha value is -2.62. The topological polar surface area (TPSA) is 49.4 Å². The number of aryl methyl sites for hydroxylation is 2. The van der Waals surface area contributed by atoms with E-state index in [0.717, 1.165) is 18.5 Å². The average molecular weight is 322 g/mol. The zero-order valence-electron chi connectivity index (χ0n) is 14.1. The van der Waals surface area contributed by atoms with Crippen LogP contribution in [0.15, 0.2) is 48.5 Å². The molecule has 24 heavy (non-hydrogen) atoms. The van der Waals surface area contributed by atoms with Crippen LogP contribution in [0.4, 0.5) is 11.4 Å². The second-order valence-electron chi connectivity index (χ2n) is 6.04. The van der Waals surface area contributed by atoms with Crippen LogP contribution in [0, 0.1) is 0 Å². The van der Waals surface area contributed by atoms with Gasteiger partial charge in [0.25, 0.3) is 5.91 Å². The summed E-state index contributed by atoms with van der Waals surface area (Å²) in [4.78, 5) is 26.2. The molecule has 1 fully saturated rings. The van der Waals surface area contributed by atoms with E-state index in [-0.39, 0.29) is 18.2 Å². The van der Waals surface area contributed by atoms with Crippen molar-refractivity contribution in [1.29, 1.82) is 0 Å². The first-order valence-corrected chi connectivity index (χ1v) is 8.43. The van der Waals surface area contributed by atoms with Crippen LogP contribution in [0.1, 0.15) is 31.4 Å². The van der Waals surface area contributed by atoms with Crippen molar-refractivity contribution in [2.24, 2.45) is 0 Å². The summed E-state index contributed by atoms with van der Waals surface area (Å²) in [6.45, 7) is 4.17. The molecule has 0 saturated carbocycles. The molecule has 0 aromatic heterocycles. The smallest absolute Gasteiger partial charge is 0.256 e. The Morgan fingerprint density at radius 3 is 2.00 bits per heavy atom. The average Bonchev–Trinajstić information content (AvgIpc) is 2.89. The highest BCUT2D eigenvalue weighted by Gasteiger charge is 2.39. The molecule has 1 unspecified atom stereocenters.